The Bertz CT molecular complexity index is 533. The Hall–Kier alpha value is -1.55. The number of carbonyl (C=O) groups is 2. The Morgan fingerprint density at radius 2 is 2.19 bits per heavy atom. The summed E-state index contributed by atoms with van der Waals surface area (Å²) in [5, 5.41) is 0.554. The Kier molecular flexibility index (Phi) is 5.23. The van der Waals surface area contributed by atoms with Crippen molar-refractivity contribution in [3.05, 3.63) is 29.3 Å². The van der Waals surface area contributed by atoms with Crippen molar-refractivity contribution < 1.29 is 9.59 Å². The monoisotopic (exact) mass is 308 g/mol. The van der Waals surface area contributed by atoms with Gasteiger partial charge in [-0.3, -0.25) is 9.59 Å². The largest absolute Gasteiger partial charge is 0.341 e. The van der Waals surface area contributed by atoms with Crippen LogP contribution in [0, 0.1) is 5.92 Å². The second-order valence-electron chi connectivity index (χ2n) is 5.67. The summed E-state index contributed by atoms with van der Waals surface area (Å²) < 4.78 is 0. The first kappa shape index (κ1) is 15.8. The van der Waals surface area contributed by atoms with E-state index in [9.17, 15) is 9.59 Å². The number of halogens is 1. The zero-order chi connectivity index (χ0) is 15.4. The van der Waals surface area contributed by atoms with E-state index in [4.69, 9.17) is 11.6 Å². The van der Waals surface area contributed by atoms with E-state index in [1.165, 1.54) is 11.8 Å². The Labute approximate surface area is 130 Å². The summed E-state index contributed by atoms with van der Waals surface area (Å²) in [6.07, 6.45) is 2.19. The molecule has 0 saturated carbocycles. The van der Waals surface area contributed by atoms with Crippen LogP contribution in [0.4, 0.5) is 5.69 Å². The number of carbonyl (C=O) groups excluding carboxylic acids is 2. The predicted octanol–water partition coefficient (Wildman–Crippen LogP) is 2.95. The first-order valence-electron chi connectivity index (χ1n) is 7.29. The molecule has 0 bridgehead atoms. The van der Waals surface area contributed by atoms with Gasteiger partial charge in [0, 0.05) is 30.7 Å². The number of benzene rings is 1. The summed E-state index contributed by atoms with van der Waals surface area (Å²) in [5.41, 5.74) is 0.661. The fraction of sp³-hybridized carbons (Fsp3) is 0.500. The molecule has 1 aliphatic rings. The topological polar surface area (TPSA) is 40.6 Å². The lowest BCUT2D eigenvalue weighted by molar-refractivity contribution is -0.132. The molecule has 1 aromatic carbocycles. The van der Waals surface area contributed by atoms with Crippen molar-refractivity contribution in [3.63, 3.8) is 0 Å². The van der Waals surface area contributed by atoms with Crippen LogP contribution in [-0.2, 0) is 9.59 Å². The van der Waals surface area contributed by atoms with Crippen molar-refractivity contribution in [1.82, 2.24) is 4.90 Å². The second-order valence-corrected chi connectivity index (χ2v) is 6.11. The number of hydrogen-bond donors (Lipinski definition) is 0. The molecule has 0 radical (unpaired) electrons. The molecule has 1 heterocycles. The first-order valence-corrected chi connectivity index (χ1v) is 7.66. The summed E-state index contributed by atoms with van der Waals surface area (Å²) in [4.78, 5) is 27.6. The number of hydrogen-bond acceptors (Lipinski definition) is 2. The van der Waals surface area contributed by atoms with Crippen molar-refractivity contribution in [2.45, 2.75) is 26.7 Å². The zero-order valence-electron chi connectivity index (χ0n) is 12.5. The van der Waals surface area contributed by atoms with E-state index in [1.54, 1.807) is 24.3 Å². The summed E-state index contributed by atoms with van der Waals surface area (Å²) in [6.45, 7) is 5.25. The van der Waals surface area contributed by atoms with Gasteiger partial charge in [-0.15, -0.1) is 0 Å². The van der Waals surface area contributed by atoms with Crippen LogP contribution in [0.15, 0.2) is 24.3 Å². The van der Waals surface area contributed by atoms with Crippen LogP contribution < -0.4 is 4.90 Å². The fourth-order valence-electron chi connectivity index (χ4n) is 2.68. The third-order valence-corrected chi connectivity index (χ3v) is 4.04. The number of likely N-dealkylation sites (tertiary alicyclic amines) is 1. The highest BCUT2D eigenvalue weighted by Gasteiger charge is 2.24. The molecular weight excluding hydrogens is 288 g/mol. The Morgan fingerprint density at radius 3 is 2.81 bits per heavy atom. The van der Waals surface area contributed by atoms with Gasteiger partial charge in [0.15, 0.2) is 0 Å². The molecular formula is C16H21ClN2O2. The second kappa shape index (κ2) is 6.94. The molecule has 21 heavy (non-hydrogen) atoms. The molecule has 0 aliphatic carbocycles. The molecule has 2 amide bonds. The quantitative estimate of drug-likeness (QED) is 0.861. The van der Waals surface area contributed by atoms with E-state index in [1.807, 2.05) is 4.90 Å². The fourth-order valence-corrected chi connectivity index (χ4v) is 2.86. The van der Waals surface area contributed by atoms with Crippen molar-refractivity contribution in [2.24, 2.45) is 5.92 Å². The molecule has 0 N–H and O–H groups in total. The molecule has 0 aromatic heterocycles. The van der Waals surface area contributed by atoms with Crippen molar-refractivity contribution in [3.8, 4) is 0 Å². The molecule has 0 spiro atoms. The molecule has 1 aromatic rings. The first-order chi connectivity index (χ1) is 9.97. The van der Waals surface area contributed by atoms with E-state index in [-0.39, 0.29) is 18.4 Å². The van der Waals surface area contributed by atoms with Crippen LogP contribution in [0.5, 0.6) is 0 Å². The highest BCUT2D eigenvalue weighted by Crippen LogP contribution is 2.21. The van der Waals surface area contributed by atoms with E-state index in [0.717, 1.165) is 25.9 Å². The van der Waals surface area contributed by atoms with E-state index in [2.05, 4.69) is 6.92 Å². The number of anilines is 1. The van der Waals surface area contributed by atoms with Gasteiger partial charge in [0.1, 0.15) is 6.54 Å². The van der Waals surface area contributed by atoms with E-state index in [0.29, 0.717) is 16.6 Å². The van der Waals surface area contributed by atoms with Gasteiger partial charge in [0.05, 0.1) is 0 Å². The van der Waals surface area contributed by atoms with Gasteiger partial charge in [-0.25, -0.2) is 0 Å². The number of nitrogens with zero attached hydrogens (tertiary/aromatic N) is 2. The number of amides is 2. The molecule has 1 saturated heterocycles. The number of rotatable bonds is 3. The summed E-state index contributed by atoms with van der Waals surface area (Å²) >= 11 is 5.96. The SMILES string of the molecule is CC(=O)N(CC(=O)N1CCCC(C)C1)c1cccc(Cl)c1. The highest BCUT2D eigenvalue weighted by atomic mass is 35.5. The van der Waals surface area contributed by atoms with Crippen LogP contribution >= 0.6 is 11.6 Å². The van der Waals surface area contributed by atoms with Gasteiger partial charge < -0.3 is 9.80 Å². The lowest BCUT2D eigenvalue weighted by Crippen LogP contribution is -2.46. The maximum absolute atomic E-state index is 12.4. The third kappa shape index (κ3) is 4.21. The van der Waals surface area contributed by atoms with Crippen molar-refractivity contribution in [2.75, 3.05) is 24.5 Å². The zero-order valence-corrected chi connectivity index (χ0v) is 13.3. The maximum Gasteiger partial charge on any atom is 0.242 e. The van der Waals surface area contributed by atoms with Crippen molar-refractivity contribution in [1.29, 1.82) is 0 Å². The minimum atomic E-state index is -0.157. The smallest absolute Gasteiger partial charge is 0.242 e. The van der Waals surface area contributed by atoms with Gasteiger partial charge in [-0.05, 0) is 37.0 Å². The van der Waals surface area contributed by atoms with Gasteiger partial charge in [-0.1, -0.05) is 24.6 Å². The maximum atomic E-state index is 12.4. The minimum absolute atomic E-state index is 0.00303. The molecule has 1 unspecified atom stereocenters. The van der Waals surface area contributed by atoms with Gasteiger partial charge in [0.2, 0.25) is 11.8 Å². The van der Waals surface area contributed by atoms with Gasteiger partial charge in [0.25, 0.3) is 0 Å². The van der Waals surface area contributed by atoms with Crippen LogP contribution in [-0.4, -0.2) is 36.3 Å². The minimum Gasteiger partial charge on any atom is -0.341 e. The van der Waals surface area contributed by atoms with Gasteiger partial charge in [-0.2, -0.15) is 0 Å². The molecule has 5 heteroatoms. The van der Waals surface area contributed by atoms with Crippen molar-refractivity contribution >= 4 is 29.1 Å². The molecule has 4 nitrogen and oxygen atoms in total. The van der Waals surface area contributed by atoms with Gasteiger partial charge >= 0.3 is 0 Å². The molecule has 1 fully saturated rings. The molecule has 114 valence electrons. The lowest BCUT2D eigenvalue weighted by Gasteiger charge is -2.32. The van der Waals surface area contributed by atoms with Crippen LogP contribution in [0.1, 0.15) is 26.7 Å². The van der Waals surface area contributed by atoms with E-state index < -0.39 is 0 Å². The Morgan fingerprint density at radius 1 is 1.43 bits per heavy atom. The normalized spacial score (nSPS) is 18.4. The average molecular weight is 309 g/mol. The van der Waals surface area contributed by atoms with E-state index >= 15 is 0 Å². The number of piperidine rings is 1. The predicted molar refractivity (Wildman–Crippen MR) is 84.5 cm³/mol. The summed E-state index contributed by atoms with van der Waals surface area (Å²) in [7, 11) is 0. The summed E-state index contributed by atoms with van der Waals surface area (Å²) in [5.74, 6) is 0.368. The van der Waals surface area contributed by atoms with Crippen LogP contribution in [0.2, 0.25) is 5.02 Å². The standard InChI is InChI=1S/C16H21ClN2O2/c1-12-5-4-8-18(10-12)16(21)11-19(13(2)20)15-7-3-6-14(17)9-15/h3,6-7,9,12H,4-5,8,10-11H2,1-2H3. The highest BCUT2D eigenvalue weighted by molar-refractivity contribution is 6.30. The van der Waals surface area contributed by atoms with Crippen LogP contribution in [0.3, 0.4) is 0 Å². The molecule has 1 atom stereocenters. The van der Waals surface area contributed by atoms with Crippen LogP contribution in [0.25, 0.3) is 0 Å². The average Bonchev–Trinajstić information content (AvgIpc) is 2.44. The summed E-state index contributed by atoms with van der Waals surface area (Å²) in [6, 6.07) is 7.02. The Balaban J connectivity index is 2.09. The lowest BCUT2D eigenvalue weighted by atomic mass is 10.0. The molecule has 2 rings (SSSR count). The molecule has 1 aliphatic heterocycles. The third-order valence-electron chi connectivity index (χ3n) is 3.80.